The van der Waals surface area contributed by atoms with E-state index in [1.807, 2.05) is 37.4 Å². The van der Waals surface area contributed by atoms with Crippen molar-refractivity contribution in [1.82, 2.24) is 24.9 Å². The van der Waals surface area contributed by atoms with Gasteiger partial charge in [0.25, 0.3) is 5.56 Å². The summed E-state index contributed by atoms with van der Waals surface area (Å²) in [7, 11) is 2.11. The quantitative estimate of drug-likeness (QED) is 0.607. The van der Waals surface area contributed by atoms with E-state index in [9.17, 15) is 13.6 Å². The van der Waals surface area contributed by atoms with E-state index in [0.717, 1.165) is 49.3 Å². The Morgan fingerprint density at radius 2 is 1.77 bits per heavy atom. The minimum atomic E-state index is -0.742. The van der Waals surface area contributed by atoms with Crippen molar-refractivity contribution in [3.05, 3.63) is 99.8 Å². The third kappa shape index (κ3) is 4.90. The molecule has 35 heavy (non-hydrogen) atoms. The summed E-state index contributed by atoms with van der Waals surface area (Å²) in [5, 5.41) is 7.70. The van der Waals surface area contributed by atoms with Crippen molar-refractivity contribution in [1.29, 1.82) is 0 Å². The number of likely N-dealkylation sites (N-methyl/N-ethyl adjacent to an activating group) is 1. The molecule has 7 nitrogen and oxygen atoms in total. The van der Waals surface area contributed by atoms with Gasteiger partial charge in [-0.25, -0.2) is 13.5 Å². The smallest absolute Gasteiger partial charge is 0.267 e. The molecule has 1 atom stereocenters. The summed E-state index contributed by atoms with van der Waals surface area (Å²) in [5.74, 6) is -0.581. The molecule has 1 fully saturated rings. The van der Waals surface area contributed by atoms with E-state index in [2.05, 4.69) is 27.3 Å². The van der Waals surface area contributed by atoms with Gasteiger partial charge in [0, 0.05) is 49.4 Å². The van der Waals surface area contributed by atoms with Crippen LogP contribution in [0, 0.1) is 11.6 Å². The maximum Gasteiger partial charge on any atom is 0.267 e. The Bertz CT molecular complexity index is 1310. The lowest BCUT2D eigenvalue weighted by atomic mass is 10.0. The third-order valence-electron chi connectivity index (χ3n) is 6.43. The summed E-state index contributed by atoms with van der Waals surface area (Å²) in [6, 6.07) is 13.7. The first-order valence-corrected chi connectivity index (χ1v) is 11.5. The van der Waals surface area contributed by atoms with Crippen molar-refractivity contribution in [3.63, 3.8) is 0 Å². The number of nitrogens with one attached hydrogen (secondary N) is 1. The highest BCUT2D eigenvalue weighted by atomic mass is 19.1. The molecule has 3 aromatic rings. The molecule has 2 aromatic carbocycles. The number of nitrogens with zero attached hydrogens (tertiary/aromatic N) is 4. The van der Waals surface area contributed by atoms with Crippen molar-refractivity contribution in [3.8, 4) is 11.3 Å². The molecule has 0 amide bonds. The van der Waals surface area contributed by atoms with Gasteiger partial charge in [-0.2, -0.15) is 5.10 Å². The molecule has 0 saturated carbocycles. The zero-order chi connectivity index (χ0) is 24.6. The zero-order valence-electron chi connectivity index (χ0n) is 19.7. The van der Waals surface area contributed by atoms with Crippen molar-refractivity contribution < 1.29 is 13.5 Å². The summed E-state index contributed by atoms with van der Waals surface area (Å²) >= 11 is 0. The maximum atomic E-state index is 13.7. The first-order valence-electron chi connectivity index (χ1n) is 11.5. The van der Waals surface area contributed by atoms with E-state index in [4.69, 9.17) is 4.74 Å². The normalized spacial score (nSPS) is 20.3. The van der Waals surface area contributed by atoms with E-state index >= 15 is 0 Å². The van der Waals surface area contributed by atoms with Crippen molar-refractivity contribution in [2.24, 2.45) is 0 Å². The molecule has 1 unspecified atom stereocenters. The molecule has 9 heteroatoms. The van der Waals surface area contributed by atoms with Gasteiger partial charge in [-0.3, -0.25) is 4.79 Å². The Morgan fingerprint density at radius 3 is 2.51 bits per heavy atom. The average molecular weight is 480 g/mol. The van der Waals surface area contributed by atoms with Crippen LogP contribution in [0.25, 0.3) is 11.3 Å². The fourth-order valence-electron chi connectivity index (χ4n) is 4.35. The summed E-state index contributed by atoms with van der Waals surface area (Å²) in [5.41, 5.74) is 1.28. The molecule has 1 N–H and O–H groups in total. The van der Waals surface area contributed by atoms with Crippen molar-refractivity contribution >= 4 is 0 Å². The fraction of sp³-hybridized carbons (Fsp3) is 0.308. The van der Waals surface area contributed by atoms with Crippen LogP contribution in [-0.4, -0.2) is 52.8 Å². The number of hydrogen-bond donors (Lipinski definition) is 1. The van der Waals surface area contributed by atoms with Crippen LogP contribution >= 0.6 is 0 Å². The average Bonchev–Trinajstić information content (AvgIpc) is 3.24. The Hall–Kier alpha value is -3.72. The summed E-state index contributed by atoms with van der Waals surface area (Å²) < 4.78 is 35.0. The Kier molecular flexibility index (Phi) is 6.02. The summed E-state index contributed by atoms with van der Waals surface area (Å²) in [6.07, 6.45) is 1.91. The number of piperazine rings is 1. The van der Waals surface area contributed by atoms with Crippen LogP contribution in [0.1, 0.15) is 18.1 Å². The van der Waals surface area contributed by atoms with Crippen LogP contribution in [0.15, 0.2) is 71.5 Å². The minimum Gasteiger partial charge on any atom is -0.448 e. The number of rotatable bonds is 5. The highest BCUT2D eigenvalue weighted by Gasteiger charge is 2.35. The van der Waals surface area contributed by atoms with Crippen LogP contribution in [0.5, 0.6) is 0 Å². The van der Waals surface area contributed by atoms with Gasteiger partial charge in [0.2, 0.25) is 11.6 Å². The maximum absolute atomic E-state index is 13.7. The standard InChI is InChI=1S/C26H27F2N5O2/c1-26(29-16-25(35-26)32-10-8-31(2)9-11-32)20-5-3-4-18(12-20)17-33-24(34)7-6-23(30-33)19-13-21(27)15-22(28)14-19/h3-7,12-16,29H,8-11,17H2,1-2H3. The Labute approximate surface area is 202 Å². The predicted octanol–water partition coefficient (Wildman–Crippen LogP) is 3.08. The highest BCUT2D eigenvalue weighted by Crippen LogP contribution is 2.32. The van der Waals surface area contributed by atoms with Gasteiger partial charge in [0.1, 0.15) is 11.6 Å². The number of benzene rings is 2. The summed E-state index contributed by atoms with van der Waals surface area (Å²) in [4.78, 5) is 17.0. The summed E-state index contributed by atoms with van der Waals surface area (Å²) in [6.45, 7) is 5.94. The van der Waals surface area contributed by atoms with Gasteiger partial charge in [-0.1, -0.05) is 18.2 Å². The monoisotopic (exact) mass is 479 g/mol. The molecule has 0 spiro atoms. The van der Waals surface area contributed by atoms with E-state index < -0.39 is 17.4 Å². The molecule has 0 bridgehead atoms. The van der Waals surface area contributed by atoms with E-state index in [-0.39, 0.29) is 17.7 Å². The second-order valence-corrected chi connectivity index (χ2v) is 9.13. The van der Waals surface area contributed by atoms with Gasteiger partial charge in [-0.05, 0) is 43.8 Å². The Morgan fingerprint density at radius 1 is 1.03 bits per heavy atom. The van der Waals surface area contributed by atoms with Gasteiger partial charge >= 0.3 is 0 Å². The first-order chi connectivity index (χ1) is 16.8. The van der Waals surface area contributed by atoms with Gasteiger partial charge < -0.3 is 19.9 Å². The number of halogens is 2. The second-order valence-electron chi connectivity index (χ2n) is 9.13. The lowest BCUT2D eigenvalue weighted by molar-refractivity contribution is -0.0242. The van der Waals surface area contributed by atoms with E-state index in [1.54, 1.807) is 0 Å². The second kappa shape index (κ2) is 9.14. The number of aromatic nitrogens is 2. The van der Waals surface area contributed by atoms with E-state index in [0.29, 0.717) is 5.69 Å². The molecule has 3 heterocycles. The first kappa shape index (κ1) is 23.0. The molecule has 5 rings (SSSR count). The molecule has 1 saturated heterocycles. The van der Waals surface area contributed by atoms with Gasteiger partial charge in [0.05, 0.1) is 18.4 Å². The van der Waals surface area contributed by atoms with Crippen LogP contribution in [-0.2, 0) is 17.0 Å². The third-order valence-corrected chi connectivity index (χ3v) is 6.43. The molecule has 2 aliphatic heterocycles. The lowest BCUT2D eigenvalue weighted by Crippen LogP contribution is -2.44. The molecular weight excluding hydrogens is 452 g/mol. The minimum absolute atomic E-state index is 0.202. The largest absolute Gasteiger partial charge is 0.448 e. The van der Waals surface area contributed by atoms with Crippen LogP contribution in [0.2, 0.25) is 0 Å². The van der Waals surface area contributed by atoms with Crippen LogP contribution in [0.4, 0.5) is 8.78 Å². The van der Waals surface area contributed by atoms with Crippen LogP contribution < -0.4 is 10.9 Å². The topological polar surface area (TPSA) is 62.6 Å². The van der Waals surface area contributed by atoms with Crippen LogP contribution in [0.3, 0.4) is 0 Å². The predicted molar refractivity (Wildman–Crippen MR) is 128 cm³/mol. The van der Waals surface area contributed by atoms with Gasteiger partial charge in [0.15, 0.2) is 0 Å². The molecule has 1 aromatic heterocycles. The number of hydrogen-bond acceptors (Lipinski definition) is 6. The molecule has 2 aliphatic rings. The molecule has 182 valence electrons. The van der Waals surface area contributed by atoms with Crippen molar-refractivity contribution in [2.75, 3.05) is 33.2 Å². The molecule has 0 radical (unpaired) electrons. The molecule has 0 aliphatic carbocycles. The molecular formula is C26H27F2N5O2. The number of ether oxygens (including phenoxy) is 1. The fourth-order valence-corrected chi connectivity index (χ4v) is 4.35. The Balaban J connectivity index is 1.35. The van der Waals surface area contributed by atoms with Crippen molar-refractivity contribution in [2.45, 2.75) is 19.2 Å². The van der Waals surface area contributed by atoms with Gasteiger partial charge in [-0.15, -0.1) is 0 Å². The highest BCUT2D eigenvalue weighted by molar-refractivity contribution is 5.58. The van der Waals surface area contributed by atoms with E-state index in [1.165, 1.54) is 28.9 Å². The zero-order valence-corrected chi connectivity index (χ0v) is 19.7. The SMILES string of the molecule is CN1CCN(C2=CNC(C)(c3cccc(Cn4nc(-c5cc(F)cc(F)c5)ccc4=O)c3)O2)CC1. The lowest BCUT2D eigenvalue weighted by Gasteiger charge is -2.35.